The summed E-state index contributed by atoms with van der Waals surface area (Å²) in [6.07, 6.45) is -3.85. The molecule has 0 unspecified atom stereocenters. The highest BCUT2D eigenvalue weighted by molar-refractivity contribution is 5.98. The van der Waals surface area contributed by atoms with E-state index in [0.29, 0.717) is 6.54 Å². The third kappa shape index (κ3) is 7.17. The van der Waals surface area contributed by atoms with Gasteiger partial charge in [-0.2, -0.15) is 13.2 Å². The van der Waals surface area contributed by atoms with E-state index in [2.05, 4.69) is 11.9 Å². The first-order valence-electron chi connectivity index (χ1n) is 5.23. The van der Waals surface area contributed by atoms with Crippen molar-refractivity contribution in [3.05, 3.63) is 42.5 Å². The minimum atomic E-state index is -5.08. The molecule has 0 aliphatic carbocycles. The summed E-state index contributed by atoms with van der Waals surface area (Å²) in [5, 5.41) is 9.78. The minimum Gasteiger partial charge on any atom is -0.475 e. The van der Waals surface area contributed by atoms with E-state index in [1.54, 1.807) is 6.07 Å². The highest BCUT2D eigenvalue weighted by atomic mass is 19.4. The van der Waals surface area contributed by atoms with Crippen molar-refractivity contribution in [3.63, 3.8) is 0 Å². The molecule has 0 fully saturated rings. The third-order valence-electron chi connectivity index (χ3n) is 1.86. The molecule has 0 saturated heterocycles. The van der Waals surface area contributed by atoms with Gasteiger partial charge in [-0.25, -0.2) is 4.79 Å². The molecule has 0 spiro atoms. The Balaban J connectivity index is 0.000000441. The maximum absolute atomic E-state index is 10.9. The van der Waals surface area contributed by atoms with Crippen LogP contribution in [0.4, 0.5) is 18.9 Å². The summed E-state index contributed by atoms with van der Waals surface area (Å²) in [7, 11) is 0. The van der Waals surface area contributed by atoms with E-state index in [1.165, 1.54) is 6.08 Å². The van der Waals surface area contributed by atoms with Crippen LogP contribution in [0.3, 0.4) is 0 Å². The number of carbonyl (C=O) groups excluding carboxylic acids is 1. The number of carbonyl (C=O) groups is 2. The first kappa shape index (κ1) is 17.6. The second kappa shape index (κ2) is 7.95. The number of alkyl halides is 3. The van der Waals surface area contributed by atoms with Crippen molar-refractivity contribution in [1.82, 2.24) is 0 Å². The number of halogens is 3. The van der Waals surface area contributed by atoms with E-state index in [4.69, 9.17) is 15.6 Å². The third-order valence-corrected chi connectivity index (χ3v) is 1.86. The van der Waals surface area contributed by atoms with E-state index in [-0.39, 0.29) is 5.91 Å². The van der Waals surface area contributed by atoms with Gasteiger partial charge in [0, 0.05) is 12.2 Å². The Kier molecular flexibility index (Phi) is 7.01. The lowest BCUT2D eigenvalue weighted by Gasteiger charge is -2.03. The molecule has 0 aromatic heterocycles. The zero-order chi connectivity index (χ0) is 15.8. The van der Waals surface area contributed by atoms with Crippen molar-refractivity contribution in [2.24, 2.45) is 5.73 Å². The van der Waals surface area contributed by atoms with E-state index in [0.717, 1.165) is 11.3 Å². The van der Waals surface area contributed by atoms with Gasteiger partial charge in [0.25, 0.3) is 0 Å². The van der Waals surface area contributed by atoms with Gasteiger partial charge in [-0.3, -0.25) is 4.79 Å². The molecule has 1 amide bonds. The van der Waals surface area contributed by atoms with Crippen LogP contribution in [0, 0.1) is 0 Å². The van der Waals surface area contributed by atoms with Gasteiger partial charge in [0.05, 0.1) is 0 Å². The van der Waals surface area contributed by atoms with Crippen molar-refractivity contribution >= 4 is 17.6 Å². The molecule has 5 nitrogen and oxygen atoms in total. The van der Waals surface area contributed by atoms with E-state index >= 15 is 0 Å². The first-order valence-corrected chi connectivity index (χ1v) is 5.23. The van der Waals surface area contributed by atoms with E-state index < -0.39 is 12.1 Å². The number of rotatable bonds is 3. The maximum atomic E-state index is 10.9. The van der Waals surface area contributed by atoms with Crippen LogP contribution in [-0.2, 0) is 16.1 Å². The summed E-state index contributed by atoms with van der Waals surface area (Å²) >= 11 is 0. The number of hydrogen-bond donors (Lipinski definition) is 3. The van der Waals surface area contributed by atoms with Crippen LogP contribution in [0.2, 0.25) is 0 Å². The Morgan fingerprint density at radius 3 is 2.35 bits per heavy atom. The van der Waals surface area contributed by atoms with Gasteiger partial charge in [-0.1, -0.05) is 18.7 Å². The molecule has 0 aliphatic heterocycles. The lowest BCUT2D eigenvalue weighted by atomic mass is 10.2. The van der Waals surface area contributed by atoms with Gasteiger partial charge in [-0.15, -0.1) is 0 Å². The van der Waals surface area contributed by atoms with Gasteiger partial charge in [0.2, 0.25) is 5.91 Å². The molecular formula is C12H13F3N2O3. The molecule has 1 rings (SSSR count). The molecule has 0 heterocycles. The molecular weight excluding hydrogens is 277 g/mol. The number of anilines is 1. The Labute approximate surface area is 112 Å². The second-order valence-corrected chi connectivity index (χ2v) is 3.40. The van der Waals surface area contributed by atoms with Crippen molar-refractivity contribution in [2.75, 3.05) is 5.32 Å². The highest BCUT2D eigenvalue weighted by Crippen LogP contribution is 2.13. The number of aliphatic carboxylic acids is 1. The van der Waals surface area contributed by atoms with Crippen molar-refractivity contribution in [2.45, 2.75) is 12.7 Å². The quantitative estimate of drug-likeness (QED) is 0.741. The van der Waals surface area contributed by atoms with Crippen LogP contribution >= 0.6 is 0 Å². The number of nitrogens with two attached hydrogens (primary N) is 1. The van der Waals surface area contributed by atoms with Crippen molar-refractivity contribution in [3.8, 4) is 0 Å². The molecule has 0 aliphatic rings. The molecule has 1 aromatic carbocycles. The molecule has 20 heavy (non-hydrogen) atoms. The molecule has 0 radical (unpaired) electrons. The summed E-state index contributed by atoms with van der Waals surface area (Å²) in [6, 6.07) is 7.40. The molecule has 0 saturated carbocycles. The zero-order valence-corrected chi connectivity index (χ0v) is 10.3. The summed E-state index contributed by atoms with van der Waals surface area (Å²) in [5.74, 6) is -2.97. The van der Waals surface area contributed by atoms with Gasteiger partial charge in [-0.05, 0) is 23.8 Å². The van der Waals surface area contributed by atoms with Crippen LogP contribution in [0.15, 0.2) is 36.9 Å². The van der Waals surface area contributed by atoms with E-state index in [1.807, 2.05) is 18.2 Å². The monoisotopic (exact) mass is 290 g/mol. The van der Waals surface area contributed by atoms with Gasteiger partial charge < -0.3 is 16.2 Å². The minimum absolute atomic E-state index is 0.214. The smallest absolute Gasteiger partial charge is 0.475 e. The molecule has 0 bridgehead atoms. The number of hydrogen-bond acceptors (Lipinski definition) is 3. The van der Waals surface area contributed by atoms with E-state index in [9.17, 15) is 18.0 Å². The Hall–Kier alpha value is -2.35. The van der Waals surface area contributed by atoms with Crippen molar-refractivity contribution < 1.29 is 27.9 Å². The largest absolute Gasteiger partial charge is 0.490 e. The number of nitrogens with one attached hydrogen (secondary N) is 1. The average molecular weight is 290 g/mol. The fourth-order valence-corrected chi connectivity index (χ4v) is 0.969. The van der Waals surface area contributed by atoms with Crippen LogP contribution < -0.4 is 11.1 Å². The van der Waals surface area contributed by atoms with Gasteiger partial charge >= 0.3 is 12.1 Å². The van der Waals surface area contributed by atoms with Crippen LogP contribution in [0.25, 0.3) is 0 Å². The molecule has 1 aromatic rings. The summed E-state index contributed by atoms with van der Waals surface area (Å²) in [6.45, 7) is 3.83. The highest BCUT2D eigenvalue weighted by Gasteiger charge is 2.38. The maximum Gasteiger partial charge on any atom is 0.490 e. The number of amides is 1. The standard InChI is InChI=1S/C10H12N2O.C2HF3O2/c1-2-10(13)12-9-5-3-4-8(6-9)7-11;3-2(4,5)1(6)7/h2-6H,1,7,11H2,(H,12,13);(H,6,7). The Bertz CT molecular complexity index is 487. The average Bonchev–Trinajstić information content (AvgIpc) is 2.38. The number of benzene rings is 1. The summed E-state index contributed by atoms with van der Waals surface area (Å²) in [4.78, 5) is 19.8. The van der Waals surface area contributed by atoms with Crippen molar-refractivity contribution in [1.29, 1.82) is 0 Å². The zero-order valence-electron chi connectivity index (χ0n) is 10.3. The molecule has 8 heteroatoms. The fourth-order valence-electron chi connectivity index (χ4n) is 0.969. The topological polar surface area (TPSA) is 92.4 Å². The fraction of sp³-hybridized carbons (Fsp3) is 0.167. The van der Waals surface area contributed by atoms with Gasteiger partial charge in [0.1, 0.15) is 0 Å². The summed E-state index contributed by atoms with van der Waals surface area (Å²) in [5.41, 5.74) is 7.18. The predicted octanol–water partition coefficient (Wildman–Crippen LogP) is 1.90. The lowest BCUT2D eigenvalue weighted by Crippen LogP contribution is -2.21. The second-order valence-electron chi connectivity index (χ2n) is 3.40. The molecule has 4 N–H and O–H groups in total. The van der Waals surface area contributed by atoms with Gasteiger partial charge in [0.15, 0.2) is 0 Å². The lowest BCUT2D eigenvalue weighted by molar-refractivity contribution is -0.192. The number of carboxylic acid groups (broad SMARTS) is 1. The first-order chi connectivity index (χ1) is 9.20. The Morgan fingerprint density at radius 2 is 1.95 bits per heavy atom. The van der Waals surface area contributed by atoms with Crippen LogP contribution in [0.5, 0.6) is 0 Å². The Morgan fingerprint density at radius 1 is 1.40 bits per heavy atom. The summed E-state index contributed by atoms with van der Waals surface area (Å²) < 4.78 is 31.7. The molecule has 110 valence electrons. The molecule has 0 atom stereocenters. The van der Waals surface area contributed by atoms with Crippen LogP contribution in [-0.4, -0.2) is 23.2 Å². The predicted molar refractivity (Wildman–Crippen MR) is 66.9 cm³/mol. The van der Waals surface area contributed by atoms with Crippen LogP contribution in [0.1, 0.15) is 5.56 Å². The number of carboxylic acids is 1. The normalized spacial score (nSPS) is 10.0. The SMILES string of the molecule is C=CC(=O)Nc1cccc(CN)c1.O=C(O)C(F)(F)F.